The second-order valence-electron chi connectivity index (χ2n) is 17.7. The molecular weight excluding hydrogens is 805 g/mol. The van der Waals surface area contributed by atoms with Crippen LogP contribution in [0.25, 0.3) is 0 Å². The first kappa shape index (κ1) is 56.6. The SMILES string of the molecule is CCCCCCCCCCCCCCCC(=O)OC[C@H](CO[C@@H]1O[C@H](CO[C@H]2O[C@H](CO)[C@H](O)[C@H](O)[C@H]2O)[C@H](O)[C@H](O)[C@H]1O)OC(=O)CCCCCCCCCCCCCCC. The molecule has 366 valence electrons. The van der Waals surface area contributed by atoms with Crippen molar-refractivity contribution in [1.29, 1.82) is 0 Å². The third-order valence-electron chi connectivity index (χ3n) is 12.1. The molecule has 0 saturated carbocycles. The lowest BCUT2D eigenvalue weighted by Gasteiger charge is -2.42. The van der Waals surface area contributed by atoms with Crippen LogP contribution in [-0.2, 0) is 38.0 Å². The number of hydrogen-bond donors (Lipinski definition) is 7. The van der Waals surface area contributed by atoms with E-state index in [0.29, 0.717) is 12.8 Å². The van der Waals surface area contributed by atoms with Gasteiger partial charge < -0.3 is 64.2 Å². The highest BCUT2D eigenvalue weighted by atomic mass is 16.7. The van der Waals surface area contributed by atoms with E-state index in [9.17, 15) is 45.3 Å². The van der Waals surface area contributed by atoms with E-state index in [1.807, 2.05) is 0 Å². The predicted molar refractivity (Wildman–Crippen MR) is 234 cm³/mol. The monoisotopic (exact) mass is 893 g/mol. The van der Waals surface area contributed by atoms with Crippen molar-refractivity contribution in [2.24, 2.45) is 0 Å². The first-order chi connectivity index (χ1) is 30.0. The maximum atomic E-state index is 13.0. The van der Waals surface area contributed by atoms with Crippen molar-refractivity contribution in [2.45, 2.75) is 261 Å². The number of hydrogen-bond acceptors (Lipinski definition) is 15. The number of esters is 2. The van der Waals surface area contributed by atoms with Gasteiger partial charge in [-0.05, 0) is 12.8 Å². The van der Waals surface area contributed by atoms with Gasteiger partial charge in [-0.1, -0.05) is 168 Å². The molecule has 2 aliphatic rings. The maximum Gasteiger partial charge on any atom is 0.306 e. The molecule has 2 heterocycles. The van der Waals surface area contributed by atoms with E-state index in [1.165, 1.54) is 116 Å². The Morgan fingerprint density at radius 1 is 0.452 bits per heavy atom. The molecule has 0 aromatic heterocycles. The first-order valence-electron chi connectivity index (χ1n) is 24.6. The van der Waals surface area contributed by atoms with Crippen LogP contribution in [0.15, 0.2) is 0 Å². The zero-order chi connectivity index (χ0) is 45.4. The minimum absolute atomic E-state index is 0.173. The van der Waals surface area contributed by atoms with Crippen LogP contribution in [0, 0.1) is 0 Å². The van der Waals surface area contributed by atoms with E-state index >= 15 is 0 Å². The van der Waals surface area contributed by atoms with Crippen molar-refractivity contribution in [1.82, 2.24) is 0 Å². The molecule has 0 aromatic rings. The van der Waals surface area contributed by atoms with Gasteiger partial charge in [-0.25, -0.2) is 0 Å². The lowest BCUT2D eigenvalue weighted by Crippen LogP contribution is -2.61. The molecule has 2 aliphatic heterocycles. The van der Waals surface area contributed by atoms with Gasteiger partial charge in [0.25, 0.3) is 0 Å². The Labute approximate surface area is 372 Å². The topological polar surface area (TPSA) is 231 Å². The highest BCUT2D eigenvalue weighted by Gasteiger charge is 2.47. The number of aliphatic hydroxyl groups is 7. The van der Waals surface area contributed by atoms with Gasteiger partial charge in [-0.3, -0.25) is 9.59 Å². The summed E-state index contributed by atoms with van der Waals surface area (Å²) in [6.07, 6.45) is 14.2. The summed E-state index contributed by atoms with van der Waals surface area (Å²) in [5, 5.41) is 71.9. The van der Waals surface area contributed by atoms with Crippen molar-refractivity contribution in [3.63, 3.8) is 0 Å². The average molecular weight is 893 g/mol. The van der Waals surface area contributed by atoms with Crippen LogP contribution in [0.5, 0.6) is 0 Å². The molecule has 0 aromatic carbocycles. The molecule has 2 saturated heterocycles. The molecule has 11 atom stereocenters. The van der Waals surface area contributed by atoms with Crippen LogP contribution in [0.1, 0.15) is 194 Å². The fraction of sp³-hybridized carbons (Fsp3) is 0.957. The van der Waals surface area contributed by atoms with Gasteiger partial charge in [0.1, 0.15) is 55.4 Å². The smallest absolute Gasteiger partial charge is 0.306 e. The summed E-state index contributed by atoms with van der Waals surface area (Å²) in [6, 6.07) is 0. The predicted octanol–water partition coefficient (Wildman–Crippen LogP) is 6.04. The Kier molecular flexibility index (Phi) is 32.6. The molecule has 15 heteroatoms. The minimum Gasteiger partial charge on any atom is -0.462 e. The van der Waals surface area contributed by atoms with Crippen LogP contribution in [0.2, 0.25) is 0 Å². The minimum atomic E-state index is -1.76. The third kappa shape index (κ3) is 24.1. The molecule has 0 unspecified atom stereocenters. The highest BCUT2D eigenvalue weighted by molar-refractivity contribution is 5.70. The number of ether oxygens (including phenoxy) is 6. The molecule has 0 bridgehead atoms. The van der Waals surface area contributed by atoms with Crippen LogP contribution in [0.3, 0.4) is 0 Å². The zero-order valence-electron chi connectivity index (χ0n) is 38.4. The molecule has 7 N–H and O–H groups in total. The summed E-state index contributed by atoms with van der Waals surface area (Å²) in [4.78, 5) is 25.7. The van der Waals surface area contributed by atoms with Gasteiger partial charge in [-0.2, -0.15) is 0 Å². The van der Waals surface area contributed by atoms with Gasteiger partial charge in [0.2, 0.25) is 0 Å². The van der Waals surface area contributed by atoms with E-state index in [2.05, 4.69) is 13.8 Å². The normalized spacial score (nSPS) is 27.0. The van der Waals surface area contributed by atoms with E-state index in [0.717, 1.165) is 38.5 Å². The molecule has 0 aliphatic carbocycles. The van der Waals surface area contributed by atoms with E-state index in [1.54, 1.807) is 0 Å². The number of unbranched alkanes of at least 4 members (excludes halogenated alkanes) is 24. The summed E-state index contributed by atoms with van der Waals surface area (Å²) in [5.41, 5.74) is 0. The second kappa shape index (κ2) is 35.7. The summed E-state index contributed by atoms with van der Waals surface area (Å²) in [5.74, 6) is -0.913. The van der Waals surface area contributed by atoms with E-state index in [-0.39, 0.29) is 26.1 Å². The number of rotatable bonds is 38. The maximum absolute atomic E-state index is 13.0. The third-order valence-corrected chi connectivity index (χ3v) is 12.1. The van der Waals surface area contributed by atoms with Gasteiger partial charge in [0.05, 0.1) is 19.8 Å². The lowest BCUT2D eigenvalue weighted by molar-refractivity contribution is -0.332. The first-order valence-corrected chi connectivity index (χ1v) is 24.6. The van der Waals surface area contributed by atoms with Crippen LogP contribution in [0.4, 0.5) is 0 Å². The van der Waals surface area contributed by atoms with Gasteiger partial charge in [-0.15, -0.1) is 0 Å². The standard InChI is InChI=1S/C47H88O15/c1-3-5-7-9-11-13-15-17-19-21-23-25-27-29-38(49)57-32-35(60-39(50)30-28-26-24-22-20-18-16-14-12-10-8-6-4-2)33-58-46-45(56)43(54)41(52)37(62-46)34-59-47-44(55)42(53)40(51)36(31-48)61-47/h35-37,40-48,51-56H,3-34H2,1-2H3/t35-,36-,37-,40+,41+,42+,43+,44-,45-,46-,47+/m1/s1. The van der Waals surface area contributed by atoms with Crippen molar-refractivity contribution in [3.8, 4) is 0 Å². The Morgan fingerprint density at radius 3 is 1.26 bits per heavy atom. The van der Waals surface area contributed by atoms with Crippen LogP contribution >= 0.6 is 0 Å². The van der Waals surface area contributed by atoms with Gasteiger partial charge in [0, 0.05) is 12.8 Å². The van der Waals surface area contributed by atoms with Crippen molar-refractivity contribution in [3.05, 3.63) is 0 Å². The fourth-order valence-corrected chi connectivity index (χ4v) is 7.98. The van der Waals surface area contributed by atoms with Crippen molar-refractivity contribution < 1.29 is 73.8 Å². The van der Waals surface area contributed by atoms with E-state index in [4.69, 9.17) is 28.4 Å². The molecule has 15 nitrogen and oxygen atoms in total. The molecule has 2 fully saturated rings. The molecule has 2 rings (SSSR count). The average Bonchev–Trinajstić information content (AvgIpc) is 3.26. The Morgan fingerprint density at radius 2 is 0.823 bits per heavy atom. The quantitative estimate of drug-likeness (QED) is 0.0277. The fourth-order valence-electron chi connectivity index (χ4n) is 7.98. The Bertz CT molecular complexity index is 1100. The Balaban J connectivity index is 1.83. The summed E-state index contributed by atoms with van der Waals surface area (Å²) in [6.45, 7) is 2.60. The van der Waals surface area contributed by atoms with Crippen LogP contribution in [-0.4, -0.2) is 142 Å². The van der Waals surface area contributed by atoms with Crippen LogP contribution < -0.4 is 0 Å². The lowest BCUT2D eigenvalue weighted by atomic mass is 9.98. The molecule has 0 amide bonds. The molecule has 0 spiro atoms. The van der Waals surface area contributed by atoms with Gasteiger partial charge in [0.15, 0.2) is 18.7 Å². The Hall–Kier alpha value is -1.50. The van der Waals surface area contributed by atoms with Crippen molar-refractivity contribution >= 4 is 11.9 Å². The number of carbonyl (C=O) groups is 2. The summed E-state index contributed by atoms with van der Waals surface area (Å²) < 4.78 is 33.5. The number of aliphatic hydroxyl groups excluding tert-OH is 7. The van der Waals surface area contributed by atoms with E-state index < -0.39 is 92.7 Å². The second-order valence-corrected chi connectivity index (χ2v) is 17.7. The van der Waals surface area contributed by atoms with Crippen molar-refractivity contribution in [2.75, 3.05) is 26.4 Å². The van der Waals surface area contributed by atoms with Gasteiger partial charge >= 0.3 is 11.9 Å². The molecule has 62 heavy (non-hydrogen) atoms. The summed E-state index contributed by atoms with van der Waals surface area (Å²) >= 11 is 0. The largest absolute Gasteiger partial charge is 0.462 e. The zero-order valence-corrected chi connectivity index (χ0v) is 38.4. The molecule has 0 radical (unpaired) electrons. The highest BCUT2D eigenvalue weighted by Crippen LogP contribution is 2.26. The molecular formula is C47H88O15. The summed E-state index contributed by atoms with van der Waals surface area (Å²) in [7, 11) is 0. The number of carbonyl (C=O) groups excluding carboxylic acids is 2.